The van der Waals surface area contributed by atoms with Crippen molar-refractivity contribution in [2.45, 2.75) is 12.2 Å². The van der Waals surface area contributed by atoms with E-state index in [0.717, 1.165) is 17.7 Å². The minimum atomic E-state index is -3.11. The summed E-state index contributed by atoms with van der Waals surface area (Å²) in [4.78, 5) is 0. The van der Waals surface area contributed by atoms with Gasteiger partial charge in [0.15, 0.2) is 9.84 Å². The zero-order valence-corrected chi connectivity index (χ0v) is 13.7. The Bertz CT molecular complexity index is 717. The average Bonchev–Trinajstić information content (AvgIpc) is 3.02. The first-order valence-corrected chi connectivity index (χ1v) is 9.53. The standard InChI is InChI=1S/C18H20O4S/c19-23(20,14-16-10-11-21-12-16)13-15-6-8-18(9-7-15)22-17-4-2-1-3-5-17/h1-9,16H,10-14H2. The summed E-state index contributed by atoms with van der Waals surface area (Å²) < 4.78 is 35.4. The summed E-state index contributed by atoms with van der Waals surface area (Å²) in [6, 6.07) is 16.7. The molecule has 0 spiro atoms. The van der Waals surface area contributed by atoms with Gasteiger partial charge in [-0.25, -0.2) is 8.42 Å². The molecule has 1 atom stereocenters. The van der Waals surface area contributed by atoms with E-state index in [-0.39, 0.29) is 17.4 Å². The molecule has 1 saturated heterocycles. The van der Waals surface area contributed by atoms with Gasteiger partial charge in [0.05, 0.1) is 18.1 Å². The van der Waals surface area contributed by atoms with Gasteiger partial charge < -0.3 is 9.47 Å². The van der Waals surface area contributed by atoms with E-state index in [2.05, 4.69) is 0 Å². The number of ether oxygens (including phenoxy) is 2. The molecule has 0 N–H and O–H groups in total. The highest BCUT2D eigenvalue weighted by Crippen LogP contribution is 2.22. The molecule has 0 aromatic heterocycles. The number of para-hydroxylation sites is 1. The Morgan fingerprint density at radius 3 is 2.35 bits per heavy atom. The summed E-state index contributed by atoms with van der Waals surface area (Å²) in [7, 11) is -3.11. The number of hydrogen-bond acceptors (Lipinski definition) is 4. The second-order valence-electron chi connectivity index (χ2n) is 5.84. The topological polar surface area (TPSA) is 52.6 Å². The van der Waals surface area contributed by atoms with Crippen molar-refractivity contribution in [3.63, 3.8) is 0 Å². The molecule has 1 heterocycles. The van der Waals surface area contributed by atoms with Crippen molar-refractivity contribution in [2.24, 2.45) is 5.92 Å². The van der Waals surface area contributed by atoms with Crippen molar-refractivity contribution >= 4 is 9.84 Å². The Morgan fingerprint density at radius 2 is 1.70 bits per heavy atom. The van der Waals surface area contributed by atoms with Gasteiger partial charge in [0.2, 0.25) is 0 Å². The Balaban J connectivity index is 1.60. The van der Waals surface area contributed by atoms with Crippen LogP contribution in [0.2, 0.25) is 0 Å². The normalized spacial score (nSPS) is 18.0. The third kappa shape index (κ3) is 4.81. The van der Waals surface area contributed by atoms with Crippen LogP contribution < -0.4 is 4.74 Å². The Morgan fingerprint density at radius 1 is 1.00 bits per heavy atom. The Kier molecular flexibility index (Phi) is 4.98. The average molecular weight is 332 g/mol. The molecule has 0 amide bonds. The van der Waals surface area contributed by atoms with E-state index in [1.807, 2.05) is 30.3 Å². The molecule has 0 bridgehead atoms. The van der Waals surface area contributed by atoms with Gasteiger partial charge in [-0.05, 0) is 42.2 Å². The predicted octanol–water partition coefficient (Wildman–Crippen LogP) is 3.43. The van der Waals surface area contributed by atoms with Gasteiger partial charge in [-0.3, -0.25) is 0 Å². The van der Waals surface area contributed by atoms with E-state index in [0.29, 0.717) is 19.0 Å². The van der Waals surface area contributed by atoms with E-state index in [4.69, 9.17) is 9.47 Å². The van der Waals surface area contributed by atoms with Crippen molar-refractivity contribution in [2.75, 3.05) is 19.0 Å². The van der Waals surface area contributed by atoms with Crippen LogP contribution in [0.3, 0.4) is 0 Å². The lowest BCUT2D eigenvalue weighted by Crippen LogP contribution is -2.17. The largest absolute Gasteiger partial charge is 0.457 e. The number of sulfone groups is 1. The van der Waals surface area contributed by atoms with Gasteiger partial charge in [-0.1, -0.05) is 30.3 Å². The van der Waals surface area contributed by atoms with Crippen molar-refractivity contribution in [3.8, 4) is 11.5 Å². The summed E-state index contributed by atoms with van der Waals surface area (Å²) >= 11 is 0. The number of benzene rings is 2. The van der Waals surface area contributed by atoms with Crippen LogP contribution in [0, 0.1) is 5.92 Å². The Labute approximate surface area is 137 Å². The lowest BCUT2D eigenvalue weighted by atomic mass is 10.2. The first-order chi connectivity index (χ1) is 11.1. The van der Waals surface area contributed by atoms with Crippen LogP contribution in [0.15, 0.2) is 54.6 Å². The zero-order valence-electron chi connectivity index (χ0n) is 12.9. The smallest absolute Gasteiger partial charge is 0.154 e. The van der Waals surface area contributed by atoms with Crippen molar-refractivity contribution < 1.29 is 17.9 Å². The second-order valence-corrected chi connectivity index (χ2v) is 7.95. The molecule has 0 saturated carbocycles. The molecular weight excluding hydrogens is 312 g/mol. The molecule has 3 rings (SSSR count). The van der Waals surface area contributed by atoms with E-state index in [1.165, 1.54) is 0 Å². The molecule has 5 heteroatoms. The summed E-state index contributed by atoms with van der Waals surface area (Å²) in [5.41, 5.74) is 0.782. The molecule has 2 aromatic carbocycles. The molecule has 1 fully saturated rings. The SMILES string of the molecule is O=S(=O)(Cc1ccc(Oc2ccccc2)cc1)CC1CCOC1. The van der Waals surface area contributed by atoms with Crippen LogP contribution in [0.1, 0.15) is 12.0 Å². The number of hydrogen-bond donors (Lipinski definition) is 0. The van der Waals surface area contributed by atoms with Crippen LogP contribution >= 0.6 is 0 Å². The lowest BCUT2D eigenvalue weighted by Gasteiger charge is -2.10. The molecule has 1 unspecified atom stereocenters. The van der Waals surface area contributed by atoms with Crippen LogP contribution in [0.4, 0.5) is 0 Å². The minimum absolute atomic E-state index is 0.0646. The summed E-state index contributed by atoms with van der Waals surface area (Å²) in [6.07, 6.45) is 0.836. The maximum absolute atomic E-state index is 12.2. The summed E-state index contributed by atoms with van der Waals surface area (Å²) in [6.45, 7) is 1.23. The zero-order chi connectivity index (χ0) is 16.1. The van der Waals surface area contributed by atoms with E-state index in [9.17, 15) is 8.42 Å². The van der Waals surface area contributed by atoms with Crippen molar-refractivity contribution in [1.29, 1.82) is 0 Å². The Hall–Kier alpha value is -1.85. The minimum Gasteiger partial charge on any atom is -0.457 e. The van der Waals surface area contributed by atoms with Crippen molar-refractivity contribution in [1.82, 2.24) is 0 Å². The fourth-order valence-electron chi connectivity index (χ4n) is 2.67. The first kappa shape index (κ1) is 16.0. The van der Waals surface area contributed by atoms with Crippen LogP contribution in [0.5, 0.6) is 11.5 Å². The van der Waals surface area contributed by atoms with Crippen LogP contribution in [-0.2, 0) is 20.3 Å². The monoisotopic (exact) mass is 332 g/mol. The predicted molar refractivity (Wildman–Crippen MR) is 89.4 cm³/mol. The second kappa shape index (κ2) is 7.15. The van der Waals surface area contributed by atoms with Crippen LogP contribution in [-0.4, -0.2) is 27.4 Å². The van der Waals surface area contributed by atoms with Gasteiger partial charge in [-0.15, -0.1) is 0 Å². The van der Waals surface area contributed by atoms with Gasteiger partial charge in [0.25, 0.3) is 0 Å². The molecule has 1 aliphatic heterocycles. The summed E-state index contributed by atoms with van der Waals surface area (Å²) in [5.74, 6) is 1.86. The molecule has 1 aliphatic rings. The maximum atomic E-state index is 12.2. The fourth-order valence-corrected chi connectivity index (χ4v) is 4.46. The van der Waals surface area contributed by atoms with Gasteiger partial charge in [-0.2, -0.15) is 0 Å². The molecule has 23 heavy (non-hydrogen) atoms. The quantitative estimate of drug-likeness (QED) is 0.813. The molecule has 2 aromatic rings. The van der Waals surface area contributed by atoms with Crippen molar-refractivity contribution in [3.05, 3.63) is 60.2 Å². The summed E-state index contributed by atoms with van der Waals surface area (Å²) in [5, 5.41) is 0. The fraction of sp³-hybridized carbons (Fsp3) is 0.333. The van der Waals surface area contributed by atoms with E-state index >= 15 is 0 Å². The van der Waals surface area contributed by atoms with Crippen LogP contribution in [0.25, 0.3) is 0 Å². The van der Waals surface area contributed by atoms with Gasteiger partial charge in [0.1, 0.15) is 11.5 Å². The lowest BCUT2D eigenvalue weighted by molar-refractivity contribution is 0.188. The third-order valence-electron chi connectivity index (χ3n) is 3.80. The maximum Gasteiger partial charge on any atom is 0.154 e. The van der Waals surface area contributed by atoms with E-state index < -0.39 is 9.84 Å². The molecule has 0 radical (unpaired) electrons. The first-order valence-electron chi connectivity index (χ1n) is 7.71. The molecule has 0 aliphatic carbocycles. The highest BCUT2D eigenvalue weighted by atomic mass is 32.2. The van der Waals surface area contributed by atoms with E-state index in [1.54, 1.807) is 24.3 Å². The van der Waals surface area contributed by atoms with Gasteiger partial charge in [0, 0.05) is 6.61 Å². The number of rotatable bonds is 6. The molecule has 4 nitrogen and oxygen atoms in total. The highest BCUT2D eigenvalue weighted by Gasteiger charge is 2.23. The third-order valence-corrected chi connectivity index (χ3v) is 5.55. The molecular formula is C18H20O4S. The molecule has 122 valence electrons. The van der Waals surface area contributed by atoms with Gasteiger partial charge >= 0.3 is 0 Å². The highest BCUT2D eigenvalue weighted by molar-refractivity contribution is 7.90.